The molecule has 0 fully saturated rings. The second-order valence-electron chi connectivity index (χ2n) is 3.37. The zero-order valence-electron chi connectivity index (χ0n) is 9.07. The van der Waals surface area contributed by atoms with Crippen LogP contribution in [0, 0.1) is 0 Å². The summed E-state index contributed by atoms with van der Waals surface area (Å²) in [6, 6.07) is 9.35. The van der Waals surface area contributed by atoms with Crippen LogP contribution in [0.5, 0.6) is 0 Å². The van der Waals surface area contributed by atoms with Crippen LogP contribution >= 0.6 is 0 Å². The van der Waals surface area contributed by atoms with E-state index in [9.17, 15) is 4.79 Å². The first-order valence-electron chi connectivity index (χ1n) is 5.21. The molecular weight excluding hydrogens is 184 g/mol. The van der Waals surface area contributed by atoms with Crippen molar-refractivity contribution in [2.24, 2.45) is 0 Å². The fraction of sp³-hybridized carbons (Fsp3) is 0.214. The maximum absolute atomic E-state index is 12.0. The van der Waals surface area contributed by atoms with Crippen LogP contribution in [0.2, 0.25) is 0 Å². The third-order valence-electron chi connectivity index (χ3n) is 2.17. The summed E-state index contributed by atoms with van der Waals surface area (Å²) < 4.78 is 0. The number of allylic oxidation sites excluding steroid dienone is 3. The van der Waals surface area contributed by atoms with Crippen LogP contribution in [-0.2, 0) is 0 Å². The minimum atomic E-state index is 0.109. The summed E-state index contributed by atoms with van der Waals surface area (Å²) >= 11 is 0. The molecule has 0 heterocycles. The summed E-state index contributed by atoms with van der Waals surface area (Å²) in [5.41, 5.74) is 1.58. The van der Waals surface area contributed by atoms with Gasteiger partial charge >= 0.3 is 0 Å². The number of carbonyl (C=O) groups is 1. The molecule has 0 aliphatic rings. The van der Waals surface area contributed by atoms with E-state index in [1.807, 2.05) is 30.3 Å². The standard InChI is InChI=1S/C14H16O/c1-3-8-12(9-4-2)14(15)13-10-6-5-7-11-13/h3,5-8,10-11H,1,4,9H2,2H3/b12-8+. The summed E-state index contributed by atoms with van der Waals surface area (Å²) in [5.74, 6) is 0.109. The van der Waals surface area contributed by atoms with Gasteiger partial charge in [-0.05, 0) is 6.42 Å². The summed E-state index contributed by atoms with van der Waals surface area (Å²) in [4.78, 5) is 12.0. The van der Waals surface area contributed by atoms with Gasteiger partial charge in [0, 0.05) is 11.1 Å². The van der Waals surface area contributed by atoms with Crippen molar-refractivity contribution in [1.29, 1.82) is 0 Å². The maximum atomic E-state index is 12.0. The van der Waals surface area contributed by atoms with Crippen molar-refractivity contribution in [3.63, 3.8) is 0 Å². The van der Waals surface area contributed by atoms with Gasteiger partial charge in [-0.2, -0.15) is 0 Å². The van der Waals surface area contributed by atoms with Crippen LogP contribution in [-0.4, -0.2) is 5.78 Å². The Balaban J connectivity index is 2.91. The van der Waals surface area contributed by atoms with Crippen molar-refractivity contribution in [1.82, 2.24) is 0 Å². The van der Waals surface area contributed by atoms with E-state index in [-0.39, 0.29) is 5.78 Å². The molecular formula is C14H16O. The van der Waals surface area contributed by atoms with Crippen LogP contribution in [0.1, 0.15) is 30.1 Å². The molecule has 0 N–H and O–H groups in total. The summed E-state index contributed by atoms with van der Waals surface area (Å²) in [6.45, 7) is 5.69. The highest BCUT2D eigenvalue weighted by Gasteiger charge is 2.09. The van der Waals surface area contributed by atoms with Gasteiger partial charge in [0.05, 0.1) is 0 Å². The maximum Gasteiger partial charge on any atom is 0.189 e. The van der Waals surface area contributed by atoms with Crippen LogP contribution in [0.4, 0.5) is 0 Å². The normalized spacial score (nSPS) is 11.1. The highest BCUT2D eigenvalue weighted by atomic mass is 16.1. The molecule has 0 spiro atoms. The Labute approximate surface area is 91.1 Å². The molecule has 1 heteroatoms. The zero-order chi connectivity index (χ0) is 11.1. The lowest BCUT2D eigenvalue weighted by Crippen LogP contribution is -2.02. The van der Waals surface area contributed by atoms with E-state index in [0.29, 0.717) is 0 Å². The predicted molar refractivity (Wildman–Crippen MR) is 64.0 cm³/mol. The predicted octanol–water partition coefficient (Wildman–Crippen LogP) is 3.78. The minimum absolute atomic E-state index is 0.109. The van der Waals surface area contributed by atoms with E-state index in [0.717, 1.165) is 24.0 Å². The van der Waals surface area contributed by atoms with E-state index in [2.05, 4.69) is 13.5 Å². The van der Waals surface area contributed by atoms with Crippen molar-refractivity contribution in [3.8, 4) is 0 Å². The SMILES string of the molecule is C=C/C=C(\CCC)C(=O)c1ccccc1. The van der Waals surface area contributed by atoms with Gasteiger partial charge in [-0.3, -0.25) is 4.79 Å². The quantitative estimate of drug-likeness (QED) is 0.401. The summed E-state index contributed by atoms with van der Waals surface area (Å²) in [5, 5.41) is 0. The summed E-state index contributed by atoms with van der Waals surface area (Å²) in [7, 11) is 0. The smallest absolute Gasteiger partial charge is 0.189 e. The van der Waals surface area contributed by atoms with E-state index < -0.39 is 0 Å². The Bertz CT molecular complexity index is 360. The van der Waals surface area contributed by atoms with Gasteiger partial charge in [-0.1, -0.05) is 62.4 Å². The van der Waals surface area contributed by atoms with Gasteiger partial charge in [-0.25, -0.2) is 0 Å². The van der Waals surface area contributed by atoms with E-state index >= 15 is 0 Å². The molecule has 0 saturated carbocycles. The van der Waals surface area contributed by atoms with Crippen molar-refractivity contribution in [3.05, 3.63) is 60.2 Å². The highest BCUT2D eigenvalue weighted by Crippen LogP contribution is 2.13. The Hall–Kier alpha value is -1.63. The Morgan fingerprint density at radius 1 is 1.33 bits per heavy atom. The van der Waals surface area contributed by atoms with Crippen molar-refractivity contribution < 1.29 is 4.79 Å². The van der Waals surface area contributed by atoms with Gasteiger partial charge in [0.25, 0.3) is 0 Å². The number of ketones is 1. The largest absolute Gasteiger partial charge is 0.289 e. The van der Waals surface area contributed by atoms with Crippen LogP contribution in [0.25, 0.3) is 0 Å². The molecule has 15 heavy (non-hydrogen) atoms. The number of benzene rings is 1. The average molecular weight is 200 g/mol. The molecule has 0 aromatic heterocycles. The number of carbonyl (C=O) groups excluding carboxylic acids is 1. The fourth-order valence-electron chi connectivity index (χ4n) is 1.46. The molecule has 0 radical (unpaired) electrons. The Morgan fingerprint density at radius 2 is 2.00 bits per heavy atom. The molecule has 1 aromatic rings. The summed E-state index contributed by atoms with van der Waals surface area (Å²) in [6.07, 6.45) is 5.25. The number of rotatable bonds is 5. The lowest BCUT2D eigenvalue weighted by Gasteiger charge is -2.04. The van der Waals surface area contributed by atoms with Crippen LogP contribution in [0.15, 0.2) is 54.6 Å². The molecule has 1 nitrogen and oxygen atoms in total. The first kappa shape index (κ1) is 11.4. The third kappa shape index (κ3) is 3.21. The van der Waals surface area contributed by atoms with Gasteiger partial charge < -0.3 is 0 Å². The Kier molecular flexibility index (Phi) is 4.55. The second kappa shape index (κ2) is 5.97. The number of Topliss-reactive ketones (excluding diaryl/α,β-unsaturated/α-hetero) is 1. The molecule has 0 amide bonds. The third-order valence-corrected chi connectivity index (χ3v) is 2.17. The van der Waals surface area contributed by atoms with Crippen molar-refractivity contribution >= 4 is 5.78 Å². The molecule has 1 aromatic carbocycles. The molecule has 0 aliphatic carbocycles. The number of hydrogen-bond donors (Lipinski definition) is 0. The molecule has 78 valence electrons. The fourth-order valence-corrected chi connectivity index (χ4v) is 1.46. The second-order valence-corrected chi connectivity index (χ2v) is 3.37. The van der Waals surface area contributed by atoms with Gasteiger partial charge in [0.2, 0.25) is 0 Å². The molecule has 0 unspecified atom stereocenters. The first-order chi connectivity index (χ1) is 7.29. The molecule has 0 atom stereocenters. The van der Waals surface area contributed by atoms with Crippen LogP contribution in [0.3, 0.4) is 0 Å². The van der Waals surface area contributed by atoms with E-state index in [4.69, 9.17) is 0 Å². The molecule has 0 saturated heterocycles. The van der Waals surface area contributed by atoms with Gasteiger partial charge in [-0.15, -0.1) is 0 Å². The lowest BCUT2D eigenvalue weighted by atomic mass is 9.99. The average Bonchev–Trinajstić information content (AvgIpc) is 2.29. The first-order valence-corrected chi connectivity index (χ1v) is 5.21. The molecule has 0 bridgehead atoms. The molecule has 0 aliphatic heterocycles. The topological polar surface area (TPSA) is 17.1 Å². The van der Waals surface area contributed by atoms with Crippen molar-refractivity contribution in [2.45, 2.75) is 19.8 Å². The van der Waals surface area contributed by atoms with Crippen molar-refractivity contribution in [2.75, 3.05) is 0 Å². The lowest BCUT2D eigenvalue weighted by molar-refractivity contribution is 0.103. The molecule has 1 rings (SSSR count). The van der Waals surface area contributed by atoms with Crippen LogP contribution < -0.4 is 0 Å². The zero-order valence-corrected chi connectivity index (χ0v) is 9.07. The highest BCUT2D eigenvalue weighted by molar-refractivity contribution is 6.08. The van der Waals surface area contributed by atoms with E-state index in [1.54, 1.807) is 12.2 Å². The Morgan fingerprint density at radius 3 is 2.53 bits per heavy atom. The minimum Gasteiger partial charge on any atom is -0.289 e. The van der Waals surface area contributed by atoms with Gasteiger partial charge in [0.1, 0.15) is 0 Å². The van der Waals surface area contributed by atoms with E-state index in [1.165, 1.54) is 0 Å². The number of hydrogen-bond acceptors (Lipinski definition) is 1. The monoisotopic (exact) mass is 200 g/mol. The van der Waals surface area contributed by atoms with Gasteiger partial charge in [0.15, 0.2) is 5.78 Å².